The monoisotopic (exact) mass is 244 g/mol. The number of nitrogens with two attached hydrogens (primary N) is 1. The molecule has 0 bridgehead atoms. The van der Waals surface area contributed by atoms with E-state index in [1.54, 1.807) is 12.2 Å². The molecule has 1 heterocycles. The van der Waals surface area contributed by atoms with Crippen molar-refractivity contribution in [1.29, 1.82) is 0 Å². The molecule has 0 spiro atoms. The van der Waals surface area contributed by atoms with Crippen molar-refractivity contribution in [2.75, 3.05) is 12.3 Å². The predicted molar refractivity (Wildman–Crippen MR) is 59.5 cm³/mol. The fourth-order valence-corrected chi connectivity index (χ4v) is 1.35. The first-order chi connectivity index (χ1) is 7.15. The van der Waals surface area contributed by atoms with Crippen LogP contribution in [0.15, 0.2) is 11.2 Å². The summed E-state index contributed by atoms with van der Waals surface area (Å²) in [7, 11) is 0. The molecular weight excluding hydrogens is 239 g/mol. The molecule has 1 aromatic heterocycles. The van der Waals surface area contributed by atoms with E-state index in [0.29, 0.717) is 5.56 Å². The van der Waals surface area contributed by atoms with Crippen molar-refractivity contribution >= 4 is 35.2 Å². The molecule has 0 amide bonds. The Hall–Kier alpha value is -1.49. The Kier molecular flexibility index (Phi) is 4.17. The third kappa shape index (κ3) is 3.28. The van der Waals surface area contributed by atoms with E-state index in [-0.39, 0.29) is 22.8 Å². The second-order valence-electron chi connectivity index (χ2n) is 2.39. The zero-order valence-corrected chi connectivity index (χ0v) is 8.94. The van der Waals surface area contributed by atoms with Crippen molar-refractivity contribution in [3.05, 3.63) is 32.4 Å². The summed E-state index contributed by atoms with van der Waals surface area (Å²) in [5.74, 6) is 0.0113. The van der Waals surface area contributed by atoms with E-state index in [1.807, 2.05) is 0 Å². The molecule has 8 heteroatoms. The summed E-state index contributed by atoms with van der Waals surface area (Å²) in [5.41, 5.74) is 13.8. The Morgan fingerprint density at radius 1 is 1.40 bits per heavy atom. The molecule has 1 aromatic rings. The van der Waals surface area contributed by atoms with Crippen LogP contribution in [0.25, 0.3) is 16.5 Å². The molecule has 6 nitrogen and oxygen atoms in total. The normalized spacial score (nSPS) is 10.3. The molecule has 0 saturated carbocycles. The van der Waals surface area contributed by atoms with Crippen LogP contribution >= 0.6 is 23.2 Å². The molecular formula is C7H6Cl2N6. The van der Waals surface area contributed by atoms with Crippen LogP contribution in [0.5, 0.6) is 0 Å². The molecule has 15 heavy (non-hydrogen) atoms. The van der Waals surface area contributed by atoms with Gasteiger partial charge in [0.1, 0.15) is 10.3 Å². The van der Waals surface area contributed by atoms with Gasteiger partial charge in [-0.3, -0.25) is 0 Å². The molecule has 0 aliphatic carbocycles. The lowest BCUT2D eigenvalue weighted by Gasteiger charge is -2.00. The van der Waals surface area contributed by atoms with E-state index in [1.165, 1.54) is 0 Å². The molecule has 78 valence electrons. The summed E-state index contributed by atoms with van der Waals surface area (Å²) in [4.78, 5) is 10.0. The van der Waals surface area contributed by atoms with Crippen molar-refractivity contribution in [3.63, 3.8) is 0 Å². The lowest BCUT2D eigenvalue weighted by molar-refractivity contribution is 1.17. The van der Waals surface area contributed by atoms with E-state index in [2.05, 4.69) is 20.0 Å². The maximum absolute atomic E-state index is 8.04. The van der Waals surface area contributed by atoms with Gasteiger partial charge in [0.25, 0.3) is 0 Å². The van der Waals surface area contributed by atoms with Gasteiger partial charge in [0.15, 0.2) is 0 Å². The van der Waals surface area contributed by atoms with Crippen LogP contribution in [0.4, 0.5) is 5.95 Å². The predicted octanol–water partition coefficient (Wildman–Crippen LogP) is 2.69. The number of aromatic nitrogens is 2. The maximum Gasteiger partial charge on any atom is 0.222 e. The van der Waals surface area contributed by atoms with Crippen molar-refractivity contribution in [2.24, 2.45) is 5.11 Å². The summed E-state index contributed by atoms with van der Waals surface area (Å²) in [6.45, 7) is 0.202. The minimum atomic E-state index is 0.0113. The molecule has 0 aliphatic heterocycles. The second-order valence-corrected chi connectivity index (χ2v) is 3.11. The number of hydrogen-bond acceptors (Lipinski definition) is 4. The lowest BCUT2D eigenvalue weighted by atomic mass is 10.3. The minimum Gasteiger partial charge on any atom is -0.368 e. The van der Waals surface area contributed by atoms with Gasteiger partial charge in [0, 0.05) is 17.0 Å². The minimum absolute atomic E-state index is 0.0113. The van der Waals surface area contributed by atoms with Crippen molar-refractivity contribution in [1.82, 2.24) is 9.97 Å². The van der Waals surface area contributed by atoms with E-state index >= 15 is 0 Å². The van der Waals surface area contributed by atoms with Crippen LogP contribution in [-0.2, 0) is 0 Å². The van der Waals surface area contributed by atoms with Crippen LogP contribution in [0, 0.1) is 0 Å². The van der Waals surface area contributed by atoms with Gasteiger partial charge < -0.3 is 5.73 Å². The van der Waals surface area contributed by atoms with Crippen LogP contribution in [0.2, 0.25) is 10.3 Å². The summed E-state index contributed by atoms with van der Waals surface area (Å²) < 4.78 is 0. The Balaban J connectivity index is 2.94. The summed E-state index contributed by atoms with van der Waals surface area (Å²) in [5, 5.41) is 3.62. The largest absolute Gasteiger partial charge is 0.368 e. The number of azide groups is 1. The molecule has 1 rings (SSSR count). The van der Waals surface area contributed by atoms with Gasteiger partial charge in [-0.1, -0.05) is 40.5 Å². The highest BCUT2D eigenvalue weighted by Gasteiger charge is 2.06. The Morgan fingerprint density at radius 3 is 2.53 bits per heavy atom. The summed E-state index contributed by atoms with van der Waals surface area (Å²) in [6, 6.07) is 0. The van der Waals surface area contributed by atoms with E-state index < -0.39 is 0 Å². The average Bonchev–Trinajstić information content (AvgIpc) is 2.15. The Bertz CT molecular complexity index is 414. The third-order valence-electron chi connectivity index (χ3n) is 1.40. The lowest BCUT2D eigenvalue weighted by Crippen LogP contribution is -1.97. The second kappa shape index (κ2) is 5.41. The standard InChI is InChI=1S/C7H6Cl2N6/c8-5-4(2-1-3-12-15-11)6(9)14-7(10)13-5/h1-2H,3H2,(H2,10,13,14). The SMILES string of the molecule is [N-]=[N+]=NCC=Cc1c(Cl)nc(N)nc1Cl. The first-order valence-electron chi connectivity index (χ1n) is 3.81. The van der Waals surface area contributed by atoms with Crippen molar-refractivity contribution < 1.29 is 0 Å². The fourth-order valence-electron chi connectivity index (χ4n) is 0.823. The van der Waals surface area contributed by atoms with Crippen LogP contribution < -0.4 is 5.73 Å². The third-order valence-corrected chi connectivity index (χ3v) is 1.98. The first-order valence-corrected chi connectivity index (χ1v) is 4.56. The van der Waals surface area contributed by atoms with Crippen LogP contribution in [-0.4, -0.2) is 16.5 Å². The number of halogens is 2. The first kappa shape index (κ1) is 11.6. The topological polar surface area (TPSA) is 101 Å². The maximum atomic E-state index is 8.04. The Morgan fingerprint density at radius 2 is 2.00 bits per heavy atom. The molecule has 0 fully saturated rings. The van der Waals surface area contributed by atoms with Crippen LogP contribution in [0.1, 0.15) is 5.56 Å². The Labute approximate surface area is 95.4 Å². The number of hydrogen-bond donors (Lipinski definition) is 1. The molecule has 0 aliphatic rings. The van der Waals surface area contributed by atoms with E-state index in [9.17, 15) is 0 Å². The molecule has 0 aromatic carbocycles. The van der Waals surface area contributed by atoms with E-state index in [4.69, 9.17) is 34.5 Å². The smallest absolute Gasteiger partial charge is 0.222 e. The summed E-state index contributed by atoms with van der Waals surface area (Å²) in [6.07, 6.45) is 3.16. The van der Waals surface area contributed by atoms with Gasteiger partial charge in [0.05, 0.1) is 0 Å². The molecule has 0 radical (unpaired) electrons. The number of anilines is 1. The highest BCUT2D eigenvalue weighted by Crippen LogP contribution is 2.23. The molecule has 0 unspecified atom stereocenters. The van der Waals surface area contributed by atoms with Gasteiger partial charge in [-0.15, -0.1) is 0 Å². The van der Waals surface area contributed by atoms with Crippen molar-refractivity contribution in [3.8, 4) is 0 Å². The quantitative estimate of drug-likeness (QED) is 0.383. The van der Waals surface area contributed by atoms with Gasteiger partial charge in [-0.05, 0) is 5.53 Å². The average molecular weight is 245 g/mol. The highest BCUT2D eigenvalue weighted by atomic mass is 35.5. The van der Waals surface area contributed by atoms with Gasteiger partial charge in [-0.2, -0.15) is 0 Å². The van der Waals surface area contributed by atoms with Gasteiger partial charge in [-0.25, -0.2) is 9.97 Å². The van der Waals surface area contributed by atoms with Gasteiger partial charge >= 0.3 is 0 Å². The zero-order valence-electron chi connectivity index (χ0n) is 7.43. The highest BCUT2D eigenvalue weighted by molar-refractivity contribution is 6.35. The molecule has 0 atom stereocenters. The fraction of sp³-hybridized carbons (Fsp3) is 0.143. The number of nitrogens with zero attached hydrogens (tertiary/aromatic N) is 5. The van der Waals surface area contributed by atoms with E-state index in [0.717, 1.165) is 0 Å². The molecule has 0 saturated heterocycles. The van der Waals surface area contributed by atoms with Gasteiger partial charge in [0.2, 0.25) is 5.95 Å². The zero-order chi connectivity index (χ0) is 11.3. The summed E-state index contributed by atoms with van der Waals surface area (Å²) >= 11 is 11.6. The number of nitrogen functional groups attached to an aromatic ring is 1. The van der Waals surface area contributed by atoms with Crippen LogP contribution in [0.3, 0.4) is 0 Å². The molecule has 2 N–H and O–H groups in total. The van der Waals surface area contributed by atoms with Crippen molar-refractivity contribution in [2.45, 2.75) is 0 Å². The number of rotatable bonds is 3.